The maximum Gasteiger partial charge on any atom is 0.138 e. The molecule has 1 N–H and O–H groups in total. The third kappa shape index (κ3) is 2.31. The number of aromatic nitrogens is 3. The van der Waals surface area contributed by atoms with E-state index >= 15 is 0 Å². The van der Waals surface area contributed by atoms with E-state index in [1.807, 2.05) is 31.3 Å². The van der Waals surface area contributed by atoms with Gasteiger partial charge in [-0.3, -0.25) is 0 Å². The van der Waals surface area contributed by atoms with Gasteiger partial charge in [0.1, 0.15) is 11.3 Å². The molecule has 0 spiro atoms. The minimum absolute atomic E-state index is 0.617. The fraction of sp³-hybridized carbons (Fsp3) is 0.0667. The Bertz CT molecular complexity index is 792. The summed E-state index contributed by atoms with van der Waals surface area (Å²) < 4.78 is 0. The highest BCUT2D eigenvalue weighted by atomic mass is 35.5. The van der Waals surface area contributed by atoms with Crippen LogP contribution in [0.1, 0.15) is 16.8 Å². The van der Waals surface area contributed by atoms with Crippen LogP contribution in [0.2, 0.25) is 5.02 Å². The summed E-state index contributed by atoms with van der Waals surface area (Å²) in [5.74, 6) is 6.00. The number of pyridine rings is 2. The molecule has 0 aliphatic carbocycles. The van der Waals surface area contributed by atoms with Crippen LogP contribution in [0.15, 0.2) is 36.8 Å². The van der Waals surface area contributed by atoms with Crippen LogP contribution in [0.3, 0.4) is 0 Å². The van der Waals surface area contributed by atoms with Gasteiger partial charge in [-0.25, -0.2) is 9.97 Å². The number of aromatic amines is 1. The van der Waals surface area contributed by atoms with Crippen LogP contribution in [0.25, 0.3) is 11.0 Å². The molecule has 0 unspecified atom stereocenters. The molecule has 0 fully saturated rings. The van der Waals surface area contributed by atoms with Crippen molar-refractivity contribution in [3.05, 3.63) is 58.6 Å². The van der Waals surface area contributed by atoms with Crippen molar-refractivity contribution in [2.24, 2.45) is 0 Å². The second-order valence-corrected chi connectivity index (χ2v) is 4.57. The summed E-state index contributed by atoms with van der Waals surface area (Å²) in [6.07, 6.45) is 5.27. The Labute approximate surface area is 115 Å². The number of fused-ring (bicyclic) bond motifs is 1. The molecule has 0 atom stereocenters. The number of nitrogens with zero attached hydrogens (tertiary/aromatic N) is 2. The first-order chi connectivity index (χ1) is 9.24. The predicted octanol–water partition coefficient (Wildman–Crippen LogP) is 3.32. The minimum atomic E-state index is 0.617. The van der Waals surface area contributed by atoms with Gasteiger partial charge in [0.25, 0.3) is 0 Å². The molecule has 0 aliphatic rings. The molecule has 3 aromatic rings. The molecule has 0 amide bonds. The number of halogens is 1. The second-order valence-electron chi connectivity index (χ2n) is 4.20. The first-order valence-corrected chi connectivity index (χ1v) is 6.18. The number of nitrogens with one attached hydrogen (secondary N) is 1. The van der Waals surface area contributed by atoms with E-state index in [-0.39, 0.29) is 0 Å². The van der Waals surface area contributed by atoms with Crippen LogP contribution in [0, 0.1) is 18.8 Å². The minimum Gasteiger partial charge on any atom is -0.346 e. The Morgan fingerprint density at radius 1 is 1.11 bits per heavy atom. The van der Waals surface area contributed by atoms with Gasteiger partial charge in [-0.15, -0.1) is 0 Å². The summed E-state index contributed by atoms with van der Waals surface area (Å²) in [5.41, 5.74) is 3.30. The molecule has 0 saturated heterocycles. The summed E-state index contributed by atoms with van der Waals surface area (Å²) in [4.78, 5) is 11.5. The SMILES string of the molecule is Cc1ccc(C#Cc2cnc3[nH]ccc3c2Cl)nc1. The van der Waals surface area contributed by atoms with E-state index in [1.54, 1.807) is 12.4 Å². The summed E-state index contributed by atoms with van der Waals surface area (Å²) >= 11 is 6.29. The summed E-state index contributed by atoms with van der Waals surface area (Å²) in [5, 5.41) is 1.50. The monoisotopic (exact) mass is 267 g/mol. The third-order valence-corrected chi connectivity index (χ3v) is 3.16. The highest BCUT2D eigenvalue weighted by Gasteiger charge is 2.05. The molecule has 0 aliphatic heterocycles. The molecule has 0 aromatic carbocycles. The Kier molecular flexibility index (Phi) is 2.94. The van der Waals surface area contributed by atoms with Crippen molar-refractivity contribution in [3.63, 3.8) is 0 Å². The molecule has 3 heterocycles. The van der Waals surface area contributed by atoms with Crippen molar-refractivity contribution >= 4 is 22.6 Å². The van der Waals surface area contributed by atoms with Gasteiger partial charge in [-0.1, -0.05) is 23.6 Å². The van der Waals surface area contributed by atoms with Gasteiger partial charge >= 0.3 is 0 Å². The van der Waals surface area contributed by atoms with Gasteiger partial charge in [0, 0.05) is 24.0 Å². The Morgan fingerprint density at radius 2 is 2.00 bits per heavy atom. The molecule has 4 heteroatoms. The lowest BCUT2D eigenvalue weighted by molar-refractivity contribution is 1.24. The van der Waals surface area contributed by atoms with Crippen molar-refractivity contribution in [3.8, 4) is 11.8 Å². The van der Waals surface area contributed by atoms with Crippen LogP contribution in [0.4, 0.5) is 0 Å². The quantitative estimate of drug-likeness (QED) is 0.635. The van der Waals surface area contributed by atoms with Crippen molar-refractivity contribution in [2.45, 2.75) is 6.92 Å². The van der Waals surface area contributed by atoms with Crippen molar-refractivity contribution in [1.29, 1.82) is 0 Å². The third-order valence-electron chi connectivity index (χ3n) is 2.76. The van der Waals surface area contributed by atoms with Crippen LogP contribution in [-0.2, 0) is 0 Å². The zero-order valence-corrected chi connectivity index (χ0v) is 11.0. The van der Waals surface area contributed by atoms with Crippen molar-refractivity contribution in [1.82, 2.24) is 15.0 Å². The Hall–Kier alpha value is -2.31. The highest BCUT2D eigenvalue weighted by molar-refractivity contribution is 6.36. The van der Waals surface area contributed by atoms with E-state index in [0.717, 1.165) is 22.3 Å². The highest BCUT2D eigenvalue weighted by Crippen LogP contribution is 2.24. The zero-order valence-electron chi connectivity index (χ0n) is 10.2. The second kappa shape index (κ2) is 4.75. The number of rotatable bonds is 0. The largest absolute Gasteiger partial charge is 0.346 e. The molecule has 0 radical (unpaired) electrons. The first-order valence-electron chi connectivity index (χ1n) is 5.80. The lowest BCUT2D eigenvalue weighted by Gasteiger charge is -1.97. The molecule has 3 rings (SSSR count). The van der Waals surface area contributed by atoms with E-state index in [2.05, 4.69) is 26.8 Å². The Balaban J connectivity index is 2.02. The van der Waals surface area contributed by atoms with E-state index in [9.17, 15) is 0 Å². The van der Waals surface area contributed by atoms with Crippen LogP contribution in [0.5, 0.6) is 0 Å². The Morgan fingerprint density at radius 3 is 2.79 bits per heavy atom. The van der Waals surface area contributed by atoms with Gasteiger partial charge in [0.05, 0.1) is 10.6 Å². The maximum absolute atomic E-state index is 6.29. The summed E-state index contributed by atoms with van der Waals surface area (Å²) in [6.45, 7) is 1.99. The number of H-pyrrole nitrogens is 1. The standard InChI is InChI=1S/C15H10ClN3/c1-10-2-4-12(18-8-10)5-3-11-9-19-15-13(14(11)16)6-7-17-15/h2,4,6-9H,1H3,(H,17,19). The van der Waals surface area contributed by atoms with Gasteiger partial charge in [0.2, 0.25) is 0 Å². The smallest absolute Gasteiger partial charge is 0.138 e. The predicted molar refractivity (Wildman–Crippen MR) is 76.1 cm³/mol. The van der Waals surface area contributed by atoms with Crippen molar-refractivity contribution < 1.29 is 0 Å². The molecule has 0 bridgehead atoms. The van der Waals surface area contributed by atoms with Crippen LogP contribution >= 0.6 is 11.6 Å². The lowest BCUT2D eigenvalue weighted by atomic mass is 10.2. The first kappa shape index (κ1) is 11.8. The van der Waals surface area contributed by atoms with Crippen LogP contribution in [-0.4, -0.2) is 15.0 Å². The average Bonchev–Trinajstić information content (AvgIpc) is 2.89. The zero-order chi connectivity index (χ0) is 13.2. The summed E-state index contributed by atoms with van der Waals surface area (Å²) in [6, 6.07) is 5.75. The molecule has 19 heavy (non-hydrogen) atoms. The van der Waals surface area contributed by atoms with Crippen LogP contribution < -0.4 is 0 Å². The van der Waals surface area contributed by atoms with E-state index in [0.29, 0.717) is 10.6 Å². The average molecular weight is 268 g/mol. The molecule has 92 valence electrons. The molecule has 3 nitrogen and oxygen atoms in total. The number of aryl methyl sites for hydroxylation is 1. The number of hydrogen-bond acceptors (Lipinski definition) is 2. The molecule has 0 saturated carbocycles. The fourth-order valence-electron chi connectivity index (χ4n) is 1.74. The van der Waals surface area contributed by atoms with Gasteiger partial charge in [-0.05, 0) is 30.5 Å². The summed E-state index contributed by atoms with van der Waals surface area (Å²) in [7, 11) is 0. The molecular weight excluding hydrogens is 258 g/mol. The normalized spacial score (nSPS) is 10.2. The maximum atomic E-state index is 6.29. The lowest BCUT2D eigenvalue weighted by Crippen LogP contribution is -1.85. The molecular formula is C15H10ClN3. The van der Waals surface area contributed by atoms with Gasteiger partial charge in [-0.2, -0.15) is 0 Å². The molecule has 3 aromatic heterocycles. The van der Waals surface area contributed by atoms with E-state index < -0.39 is 0 Å². The van der Waals surface area contributed by atoms with Crippen molar-refractivity contribution in [2.75, 3.05) is 0 Å². The van der Waals surface area contributed by atoms with Gasteiger partial charge in [0.15, 0.2) is 0 Å². The fourth-order valence-corrected chi connectivity index (χ4v) is 1.98. The van der Waals surface area contributed by atoms with Gasteiger partial charge < -0.3 is 4.98 Å². The number of hydrogen-bond donors (Lipinski definition) is 1. The van der Waals surface area contributed by atoms with E-state index in [1.165, 1.54) is 0 Å². The van der Waals surface area contributed by atoms with E-state index in [4.69, 9.17) is 11.6 Å². The topological polar surface area (TPSA) is 41.6 Å².